The number of quaternary nitrogens is 1. The second-order valence-electron chi connectivity index (χ2n) is 3.04. The molecule has 0 amide bonds. The lowest BCUT2D eigenvalue weighted by Crippen LogP contribution is -3.11. The van der Waals surface area contributed by atoms with Gasteiger partial charge in [-0.05, 0) is 0 Å². The molecule has 2 rings (SSSR count). The van der Waals surface area contributed by atoms with E-state index in [0.717, 1.165) is 18.5 Å². The van der Waals surface area contributed by atoms with Crippen molar-refractivity contribution < 1.29 is 5.17 Å². The fourth-order valence-electron chi connectivity index (χ4n) is 1.60. The van der Waals surface area contributed by atoms with Crippen LogP contribution in [0.3, 0.4) is 0 Å². The quantitative estimate of drug-likeness (QED) is 0.574. The molecule has 2 N–H and O–H groups in total. The average molecular weight is 164 g/mol. The molecule has 1 saturated heterocycles. The van der Waals surface area contributed by atoms with Gasteiger partial charge < -0.3 is 5.21 Å². The van der Waals surface area contributed by atoms with Gasteiger partial charge in [-0.3, -0.25) is 5.17 Å². The Kier molecular flexibility index (Phi) is 2.08. The summed E-state index contributed by atoms with van der Waals surface area (Å²) in [4.78, 5) is 0. The van der Waals surface area contributed by atoms with Crippen molar-refractivity contribution in [2.24, 2.45) is 0 Å². The molecule has 1 fully saturated rings. The third-order valence-electron chi connectivity index (χ3n) is 2.25. The first-order valence-corrected chi connectivity index (χ1v) is 4.20. The van der Waals surface area contributed by atoms with Crippen LogP contribution < -0.4 is 10.6 Å². The first kappa shape index (κ1) is 7.73. The normalized spacial score (nSPS) is 29.1. The number of hydroxylamine groups is 1. The Bertz CT molecular complexity index is 250. The van der Waals surface area contributed by atoms with Crippen molar-refractivity contribution in [1.29, 1.82) is 0 Å². The van der Waals surface area contributed by atoms with Crippen molar-refractivity contribution in [2.45, 2.75) is 12.5 Å². The zero-order valence-corrected chi connectivity index (χ0v) is 6.79. The molecule has 1 heterocycles. The predicted molar refractivity (Wildman–Crippen MR) is 46.1 cm³/mol. The van der Waals surface area contributed by atoms with Crippen molar-refractivity contribution in [3.8, 4) is 0 Å². The van der Waals surface area contributed by atoms with Crippen LogP contribution in [-0.4, -0.2) is 6.54 Å². The third kappa shape index (κ3) is 1.34. The van der Waals surface area contributed by atoms with Crippen molar-refractivity contribution in [2.75, 3.05) is 6.54 Å². The molecule has 0 aliphatic carbocycles. The van der Waals surface area contributed by atoms with Gasteiger partial charge in [0.05, 0.1) is 6.54 Å². The zero-order chi connectivity index (χ0) is 8.39. The molecule has 0 radical (unpaired) electrons. The van der Waals surface area contributed by atoms with Gasteiger partial charge in [0.25, 0.3) is 0 Å². The fourth-order valence-corrected chi connectivity index (χ4v) is 1.60. The molecule has 3 nitrogen and oxygen atoms in total. The lowest BCUT2D eigenvalue weighted by atomic mass is 10.1. The molecule has 3 heteroatoms. The molecule has 2 unspecified atom stereocenters. The average Bonchev–Trinajstić information content (AvgIpc) is 2.53. The van der Waals surface area contributed by atoms with Gasteiger partial charge in [-0.1, -0.05) is 30.3 Å². The van der Waals surface area contributed by atoms with E-state index < -0.39 is 0 Å². The second kappa shape index (κ2) is 3.23. The largest absolute Gasteiger partial charge is 0.613 e. The summed E-state index contributed by atoms with van der Waals surface area (Å²) in [6, 6.07) is 10.0. The standard InChI is InChI=1S/C9H12N2O/c12-11-9(6-7-10-11)8-4-2-1-3-5-8/h1-5,9-11H,6-7H2. The van der Waals surface area contributed by atoms with Crippen LogP contribution in [-0.2, 0) is 0 Å². The lowest BCUT2D eigenvalue weighted by molar-refractivity contribution is -0.912. The van der Waals surface area contributed by atoms with E-state index in [1.807, 2.05) is 30.3 Å². The summed E-state index contributed by atoms with van der Waals surface area (Å²) in [5.41, 5.74) is 3.96. The van der Waals surface area contributed by atoms with Gasteiger partial charge in [-0.25, -0.2) is 0 Å². The molecule has 0 bridgehead atoms. The summed E-state index contributed by atoms with van der Waals surface area (Å²) in [6.07, 6.45) is 0.933. The number of hydrogen-bond donors (Lipinski definition) is 2. The summed E-state index contributed by atoms with van der Waals surface area (Å²) in [5, 5.41) is 11.4. The van der Waals surface area contributed by atoms with Gasteiger partial charge in [-0.15, -0.1) is 0 Å². The number of rotatable bonds is 1. The highest BCUT2D eigenvalue weighted by molar-refractivity contribution is 5.17. The minimum Gasteiger partial charge on any atom is -0.613 e. The topological polar surface area (TPSA) is 39.5 Å². The minimum atomic E-state index is 0.0891. The van der Waals surface area contributed by atoms with E-state index in [0.29, 0.717) is 0 Å². The maximum atomic E-state index is 11.3. The smallest absolute Gasteiger partial charge is 0.132 e. The van der Waals surface area contributed by atoms with Crippen molar-refractivity contribution in [3.05, 3.63) is 41.1 Å². The molecule has 2 atom stereocenters. The summed E-state index contributed by atoms with van der Waals surface area (Å²) in [6.45, 7) is 0.818. The summed E-state index contributed by atoms with van der Waals surface area (Å²) < 4.78 is 0. The van der Waals surface area contributed by atoms with Crippen LogP contribution in [0, 0.1) is 5.21 Å². The third-order valence-corrected chi connectivity index (χ3v) is 2.25. The SMILES string of the molecule is [O-][NH+]1NCCC1c1ccccc1. The minimum absolute atomic E-state index is 0.0891. The van der Waals surface area contributed by atoms with E-state index >= 15 is 0 Å². The van der Waals surface area contributed by atoms with E-state index in [-0.39, 0.29) is 11.2 Å². The first-order valence-electron chi connectivity index (χ1n) is 4.20. The molecule has 1 aromatic carbocycles. The Morgan fingerprint density at radius 1 is 1.33 bits per heavy atom. The molecular formula is C9H12N2O. The van der Waals surface area contributed by atoms with Gasteiger partial charge in [0, 0.05) is 12.0 Å². The molecule has 12 heavy (non-hydrogen) atoms. The van der Waals surface area contributed by atoms with Crippen molar-refractivity contribution in [1.82, 2.24) is 5.43 Å². The van der Waals surface area contributed by atoms with E-state index in [1.165, 1.54) is 0 Å². The Morgan fingerprint density at radius 2 is 2.08 bits per heavy atom. The van der Waals surface area contributed by atoms with Crippen LogP contribution in [0.15, 0.2) is 30.3 Å². The van der Waals surface area contributed by atoms with Crippen molar-refractivity contribution >= 4 is 0 Å². The van der Waals surface area contributed by atoms with Gasteiger partial charge >= 0.3 is 0 Å². The van der Waals surface area contributed by atoms with Crippen molar-refractivity contribution in [3.63, 3.8) is 0 Å². The van der Waals surface area contributed by atoms with Crippen LogP contribution in [0.4, 0.5) is 0 Å². The van der Waals surface area contributed by atoms with Crippen LogP contribution in [0.5, 0.6) is 0 Å². The van der Waals surface area contributed by atoms with E-state index in [1.54, 1.807) is 0 Å². The van der Waals surface area contributed by atoms with Crippen LogP contribution >= 0.6 is 0 Å². The van der Waals surface area contributed by atoms with Gasteiger partial charge in [0.15, 0.2) is 0 Å². The Hall–Kier alpha value is -0.900. The number of benzene rings is 1. The maximum Gasteiger partial charge on any atom is 0.132 e. The highest BCUT2D eigenvalue weighted by Crippen LogP contribution is 2.13. The van der Waals surface area contributed by atoms with Crippen LogP contribution in [0.1, 0.15) is 18.0 Å². The molecule has 1 aliphatic heterocycles. The molecule has 0 aromatic heterocycles. The number of nitrogens with one attached hydrogen (secondary N) is 2. The molecule has 0 saturated carbocycles. The summed E-state index contributed by atoms with van der Waals surface area (Å²) >= 11 is 0. The highest BCUT2D eigenvalue weighted by atomic mass is 16.5. The molecule has 1 aromatic rings. The maximum absolute atomic E-state index is 11.3. The lowest BCUT2D eigenvalue weighted by Gasteiger charge is -2.22. The van der Waals surface area contributed by atoms with Crippen LogP contribution in [0.2, 0.25) is 0 Å². The molecule has 0 spiro atoms. The Balaban J connectivity index is 2.19. The predicted octanol–water partition coefficient (Wildman–Crippen LogP) is 0.0187. The number of hydrogen-bond acceptors (Lipinski definition) is 2. The van der Waals surface area contributed by atoms with E-state index in [9.17, 15) is 5.21 Å². The highest BCUT2D eigenvalue weighted by Gasteiger charge is 2.23. The summed E-state index contributed by atoms with van der Waals surface area (Å²) in [7, 11) is 0. The Labute approximate surface area is 71.5 Å². The monoisotopic (exact) mass is 164 g/mol. The summed E-state index contributed by atoms with van der Waals surface area (Å²) in [5.74, 6) is 0. The first-order chi connectivity index (χ1) is 5.88. The molecule has 64 valence electrons. The van der Waals surface area contributed by atoms with Crippen LogP contribution in [0.25, 0.3) is 0 Å². The fraction of sp³-hybridized carbons (Fsp3) is 0.333. The van der Waals surface area contributed by atoms with Gasteiger partial charge in [-0.2, -0.15) is 5.43 Å². The Morgan fingerprint density at radius 3 is 2.67 bits per heavy atom. The second-order valence-corrected chi connectivity index (χ2v) is 3.04. The van der Waals surface area contributed by atoms with E-state index in [2.05, 4.69) is 5.43 Å². The molecular weight excluding hydrogens is 152 g/mol. The molecule has 1 aliphatic rings. The van der Waals surface area contributed by atoms with E-state index in [4.69, 9.17) is 0 Å². The zero-order valence-electron chi connectivity index (χ0n) is 6.79. The van der Waals surface area contributed by atoms with Gasteiger partial charge in [0.1, 0.15) is 6.04 Å². The van der Waals surface area contributed by atoms with Gasteiger partial charge in [0.2, 0.25) is 0 Å².